The van der Waals surface area contributed by atoms with Crippen molar-refractivity contribution >= 4 is 23.0 Å². The van der Waals surface area contributed by atoms with Gasteiger partial charge in [0.25, 0.3) is 11.6 Å². The van der Waals surface area contributed by atoms with E-state index in [4.69, 9.17) is 9.63 Å². The second-order valence-corrected chi connectivity index (χ2v) is 6.26. The van der Waals surface area contributed by atoms with Crippen LogP contribution in [-0.2, 0) is 4.79 Å². The van der Waals surface area contributed by atoms with Gasteiger partial charge in [-0.15, -0.1) is 0 Å². The fraction of sp³-hybridized carbons (Fsp3) is 0.500. The first kappa shape index (κ1) is 15.5. The molecule has 3 rings (SSSR count). The van der Waals surface area contributed by atoms with Gasteiger partial charge in [-0.05, 0) is 31.7 Å². The third kappa shape index (κ3) is 2.91. The zero-order valence-electron chi connectivity index (χ0n) is 13.4. The molecule has 7 heteroatoms. The fourth-order valence-electron chi connectivity index (χ4n) is 2.63. The Hall–Kier alpha value is -2.44. The second-order valence-electron chi connectivity index (χ2n) is 6.26. The molecule has 1 fully saturated rings. The highest BCUT2D eigenvalue weighted by molar-refractivity contribution is 6.07. The monoisotopic (exact) mass is 317 g/mol. The van der Waals surface area contributed by atoms with Crippen LogP contribution in [0, 0.1) is 6.92 Å². The molecule has 0 atom stereocenters. The average molecular weight is 317 g/mol. The van der Waals surface area contributed by atoms with Crippen LogP contribution in [0.3, 0.4) is 0 Å². The van der Waals surface area contributed by atoms with Crippen molar-refractivity contribution < 1.29 is 19.2 Å². The van der Waals surface area contributed by atoms with Crippen molar-refractivity contribution in [3.05, 3.63) is 23.0 Å². The molecule has 0 bridgehead atoms. The molecule has 0 saturated heterocycles. The Morgan fingerprint density at radius 3 is 2.70 bits per heavy atom. The minimum absolute atomic E-state index is 0.00415. The van der Waals surface area contributed by atoms with Crippen molar-refractivity contribution in [3.63, 3.8) is 0 Å². The van der Waals surface area contributed by atoms with Gasteiger partial charge in [-0.25, -0.2) is 4.98 Å². The normalized spacial score (nSPS) is 14.4. The Bertz CT molecular complexity index is 777. The fourth-order valence-corrected chi connectivity index (χ4v) is 2.63. The Balaban J connectivity index is 2.10. The van der Waals surface area contributed by atoms with Crippen molar-refractivity contribution in [2.24, 2.45) is 0 Å². The van der Waals surface area contributed by atoms with E-state index in [1.165, 1.54) is 4.90 Å². The summed E-state index contributed by atoms with van der Waals surface area (Å²) in [6.07, 6.45) is 1.68. The molecular weight excluding hydrogens is 298 g/mol. The number of hydrogen-bond acceptors (Lipinski definition) is 5. The number of hydrogen-bond donors (Lipinski definition) is 1. The first-order chi connectivity index (χ1) is 10.9. The van der Waals surface area contributed by atoms with Gasteiger partial charge in [0.05, 0.1) is 16.6 Å². The van der Waals surface area contributed by atoms with Crippen LogP contribution in [0.4, 0.5) is 0 Å². The number of carbonyl (C=O) groups excluding carboxylic acids is 1. The molecule has 1 saturated carbocycles. The number of aryl methyl sites for hydroxylation is 1. The Morgan fingerprint density at radius 1 is 1.43 bits per heavy atom. The average Bonchev–Trinajstić information content (AvgIpc) is 3.27. The number of nitrogens with zero attached hydrogens (tertiary/aromatic N) is 3. The van der Waals surface area contributed by atoms with E-state index in [1.807, 2.05) is 13.8 Å². The lowest BCUT2D eigenvalue weighted by molar-refractivity contribution is -0.137. The smallest absolute Gasteiger partial charge is 0.323 e. The summed E-state index contributed by atoms with van der Waals surface area (Å²) < 4.78 is 5.22. The van der Waals surface area contributed by atoms with E-state index < -0.39 is 5.97 Å². The molecule has 1 N–H and O–H groups in total. The predicted octanol–water partition coefficient (Wildman–Crippen LogP) is 2.34. The van der Waals surface area contributed by atoms with Gasteiger partial charge in [-0.2, -0.15) is 0 Å². The van der Waals surface area contributed by atoms with Crippen LogP contribution in [0.1, 0.15) is 54.4 Å². The summed E-state index contributed by atoms with van der Waals surface area (Å²) in [5.41, 5.74) is 2.05. The largest absolute Gasteiger partial charge is 0.480 e. The summed E-state index contributed by atoms with van der Waals surface area (Å²) in [6.45, 7) is 5.40. The topological polar surface area (TPSA) is 96.5 Å². The third-order valence-electron chi connectivity index (χ3n) is 4.01. The van der Waals surface area contributed by atoms with Gasteiger partial charge < -0.3 is 14.5 Å². The number of pyridine rings is 1. The predicted molar refractivity (Wildman–Crippen MR) is 82.3 cm³/mol. The molecule has 0 spiro atoms. The van der Waals surface area contributed by atoms with E-state index in [1.54, 1.807) is 13.0 Å². The highest BCUT2D eigenvalue weighted by Gasteiger charge is 2.35. The van der Waals surface area contributed by atoms with E-state index >= 15 is 0 Å². The number of carboxylic acid groups (broad SMARTS) is 1. The minimum Gasteiger partial charge on any atom is -0.480 e. The van der Waals surface area contributed by atoms with Gasteiger partial charge in [0.2, 0.25) is 0 Å². The lowest BCUT2D eigenvalue weighted by atomic mass is 10.0. The van der Waals surface area contributed by atoms with Crippen LogP contribution < -0.4 is 0 Å². The highest BCUT2D eigenvalue weighted by atomic mass is 16.5. The molecule has 1 aliphatic rings. The number of aliphatic carboxylic acids is 1. The SMILES string of the molecule is Cc1noc2nc(C(C)C)cc(C(=O)N(CC(=O)O)C3CC3)c12. The molecular formula is C16H19N3O4. The third-order valence-corrected chi connectivity index (χ3v) is 4.01. The molecule has 0 aliphatic heterocycles. The highest BCUT2D eigenvalue weighted by Crippen LogP contribution is 2.31. The molecule has 2 heterocycles. The van der Waals surface area contributed by atoms with Crippen LogP contribution >= 0.6 is 0 Å². The number of aromatic nitrogens is 2. The summed E-state index contributed by atoms with van der Waals surface area (Å²) in [5.74, 6) is -1.19. The Labute approximate surface area is 133 Å². The number of rotatable bonds is 5. The van der Waals surface area contributed by atoms with E-state index in [0.717, 1.165) is 18.5 Å². The lowest BCUT2D eigenvalue weighted by Gasteiger charge is -2.21. The van der Waals surface area contributed by atoms with Gasteiger partial charge in [-0.3, -0.25) is 9.59 Å². The lowest BCUT2D eigenvalue weighted by Crippen LogP contribution is -2.37. The van der Waals surface area contributed by atoms with Crippen molar-refractivity contribution in [2.75, 3.05) is 6.54 Å². The summed E-state index contributed by atoms with van der Waals surface area (Å²) in [7, 11) is 0. The van der Waals surface area contributed by atoms with Gasteiger partial charge in [0, 0.05) is 11.7 Å². The Morgan fingerprint density at radius 2 is 2.13 bits per heavy atom. The number of carbonyl (C=O) groups is 2. The van der Waals surface area contributed by atoms with Crippen LogP contribution in [0.15, 0.2) is 10.6 Å². The maximum Gasteiger partial charge on any atom is 0.323 e. The van der Waals surface area contributed by atoms with E-state index in [0.29, 0.717) is 22.4 Å². The zero-order valence-corrected chi connectivity index (χ0v) is 13.4. The van der Waals surface area contributed by atoms with Gasteiger partial charge in [-0.1, -0.05) is 19.0 Å². The second kappa shape index (κ2) is 5.64. The first-order valence-corrected chi connectivity index (χ1v) is 7.68. The molecule has 0 radical (unpaired) electrons. The maximum atomic E-state index is 13.0. The van der Waals surface area contributed by atoms with Crippen molar-refractivity contribution in [1.29, 1.82) is 0 Å². The molecule has 1 amide bonds. The van der Waals surface area contributed by atoms with Crippen LogP contribution in [0.2, 0.25) is 0 Å². The quantitative estimate of drug-likeness (QED) is 0.909. The van der Waals surface area contributed by atoms with Gasteiger partial charge in [0.15, 0.2) is 0 Å². The number of fused-ring (bicyclic) bond motifs is 1. The van der Waals surface area contributed by atoms with Crippen LogP contribution in [-0.4, -0.2) is 44.6 Å². The standard InChI is InChI=1S/C16H19N3O4/c1-8(2)12-6-11(14-9(3)18-23-15(14)17-12)16(22)19(7-13(20)21)10-4-5-10/h6,8,10H,4-5,7H2,1-3H3,(H,20,21). The molecule has 2 aromatic rings. The van der Waals surface area contributed by atoms with Crippen LogP contribution in [0.5, 0.6) is 0 Å². The Kier molecular flexibility index (Phi) is 3.79. The summed E-state index contributed by atoms with van der Waals surface area (Å²) in [4.78, 5) is 29.9. The first-order valence-electron chi connectivity index (χ1n) is 7.68. The molecule has 2 aromatic heterocycles. The van der Waals surface area contributed by atoms with E-state index in [-0.39, 0.29) is 24.4 Å². The molecule has 7 nitrogen and oxygen atoms in total. The minimum atomic E-state index is -1.01. The summed E-state index contributed by atoms with van der Waals surface area (Å²) in [5, 5.41) is 13.6. The van der Waals surface area contributed by atoms with Gasteiger partial charge >= 0.3 is 5.97 Å². The summed E-state index contributed by atoms with van der Waals surface area (Å²) in [6, 6.07) is 1.74. The molecule has 0 unspecified atom stereocenters. The zero-order chi connectivity index (χ0) is 16.7. The van der Waals surface area contributed by atoms with Crippen molar-refractivity contribution in [3.8, 4) is 0 Å². The van der Waals surface area contributed by atoms with Crippen molar-refractivity contribution in [1.82, 2.24) is 15.0 Å². The van der Waals surface area contributed by atoms with E-state index in [2.05, 4.69) is 10.1 Å². The molecule has 23 heavy (non-hydrogen) atoms. The van der Waals surface area contributed by atoms with Gasteiger partial charge in [0.1, 0.15) is 6.54 Å². The number of amides is 1. The number of carboxylic acids is 1. The van der Waals surface area contributed by atoms with Crippen LogP contribution in [0.25, 0.3) is 11.1 Å². The summed E-state index contributed by atoms with van der Waals surface area (Å²) >= 11 is 0. The van der Waals surface area contributed by atoms with E-state index in [9.17, 15) is 9.59 Å². The molecule has 122 valence electrons. The molecule has 0 aromatic carbocycles. The molecule has 1 aliphatic carbocycles. The van der Waals surface area contributed by atoms with Crippen molar-refractivity contribution in [2.45, 2.75) is 45.6 Å². The maximum absolute atomic E-state index is 13.0.